The van der Waals surface area contributed by atoms with Gasteiger partial charge in [0.05, 0.1) is 29.0 Å². The highest BCUT2D eigenvalue weighted by molar-refractivity contribution is 6.18. The third-order valence-electron chi connectivity index (χ3n) is 6.55. The molecule has 2 aliphatic heterocycles. The number of ether oxygens (including phenoxy) is 1. The number of aryl methyl sites for hydroxylation is 2. The molecular weight excluding hydrogens is 404 g/mol. The lowest BCUT2D eigenvalue weighted by Crippen LogP contribution is -2.44. The van der Waals surface area contributed by atoms with Crippen LogP contribution in [-0.4, -0.2) is 20.6 Å². The molecule has 0 spiro atoms. The van der Waals surface area contributed by atoms with Crippen molar-refractivity contribution in [3.8, 4) is 11.4 Å². The number of cyclic esters (lactones) is 1. The number of halogens is 1. The first kappa shape index (κ1) is 19.3. The van der Waals surface area contributed by atoms with Crippen molar-refractivity contribution in [2.75, 3.05) is 0 Å². The maximum Gasteiger partial charge on any atom is 0.343 e. The molecule has 1 atom stereocenters. The number of esters is 1. The predicted molar refractivity (Wildman–Crippen MR) is 114 cm³/mol. The Hall–Kier alpha value is -2.70. The molecule has 3 aromatic rings. The second-order valence-electron chi connectivity index (χ2n) is 8.11. The van der Waals surface area contributed by atoms with Crippen molar-refractivity contribution in [3.63, 3.8) is 0 Å². The van der Waals surface area contributed by atoms with Gasteiger partial charge in [-0.1, -0.05) is 6.92 Å². The third kappa shape index (κ3) is 2.38. The van der Waals surface area contributed by atoms with Crippen molar-refractivity contribution in [3.05, 3.63) is 61.9 Å². The van der Waals surface area contributed by atoms with Crippen LogP contribution in [0.1, 0.15) is 46.7 Å². The standard InChI is InChI=1S/C23H21ClN2O4/c1-4-23(29)17-7-19-20-15(9-26(19)21(27)16(17)10-30-22(23)28)14(8-24)13-5-11(2)12(3)6-18(13)25-20/h5-7,29H,4,8-10H2,1-3H3/t23-/m0/s1. The maximum absolute atomic E-state index is 13.3. The highest BCUT2D eigenvalue weighted by Crippen LogP contribution is 2.40. The number of rotatable bonds is 2. The fourth-order valence-corrected chi connectivity index (χ4v) is 4.88. The number of nitrogens with zero attached hydrogens (tertiary/aromatic N) is 2. The minimum atomic E-state index is -1.83. The Morgan fingerprint density at radius 2 is 1.93 bits per heavy atom. The van der Waals surface area contributed by atoms with Crippen LogP contribution in [0.5, 0.6) is 0 Å². The van der Waals surface area contributed by atoms with Gasteiger partial charge >= 0.3 is 5.97 Å². The summed E-state index contributed by atoms with van der Waals surface area (Å²) in [6.45, 7) is 5.99. The Kier molecular flexibility index (Phi) is 4.11. The lowest BCUT2D eigenvalue weighted by atomic mass is 9.86. The van der Waals surface area contributed by atoms with E-state index in [9.17, 15) is 14.7 Å². The van der Waals surface area contributed by atoms with Crippen molar-refractivity contribution < 1.29 is 14.6 Å². The smallest absolute Gasteiger partial charge is 0.343 e. The van der Waals surface area contributed by atoms with Crippen LogP contribution in [0, 0.1) is 13.8 Å². The van der Waals surface area contributed by atoms with Gasteiger partial charge in [-0.3, -0.25) is 4.79 Å². The Bertz CT molecular complexity index is 1330. The van der Waals surface area contributed by atoms with Crippen LogP contribution in [0.3, 0.4) is 0 Å². The number of carbonyl (C=O) groups excluding carboxylic acids is 1. The first-order valence-electron chi connectivity index (χ1n) is 9.96. The number of hydrogen-bond donors (Lipinski definition) is 1. The first-order valence-corrected chi connectivity index (χ1v) is 10.5. The molecular formula is C23H21ClN2O4. The van der Waals surface area contributed by atoms with Crippen LogP contribution in [0.25, 0.3) is 22.3 Å². The van der Waals surface area contributed by atoms with Gasteiger partial charge in [-0.2, -0.15) is 0 Å². The highest BCUT2D eigenvalue weighted by atomic mass is 35.5. The van der Waals surface area contributed by atoms with Gasteiger partial charge in [0.25, 0.3) is 5.56 Å². The Morgan fingerprint density at radius 1 is 1.20 bits per heavy atom. The molecule has 0 aliphatic carbocycles. The van der Waals surface area contributed by atoms with Crippen LogP contribution in [0.4, 0.5) is 0 Å². The zero-order valence-corrected chi connectivity index (χ0v) is 17.8. The largest absolute Gasteiger partial charge is 0.458 e. The lowest BCUT2D eigenvalue weighted by molar-refractivity contribution is -0.172. The number of pyridine rings is 2. The van der Waals surface area contributed by atoms with E-state index in [1.54, 1.807) is 17.6 Å². The van der Waals surface area contributed by atoms with Gasteiger partial charge in [-0.15, -0.1) is 11.6 Å². The molecule has 4 heterocycles. The summed E-state index contributed by atoms with van der Waals surface area (Å²) in [6, 6.07) is 5.85. The molecule has 0 amide bonds. The summed E-state index contributed by atoms with van der Waals surface area (Å²) in [7, 11) is 0. The average Bonchev–Trinajstić information content (AvgIpc) is 3.09. The summed E-state index contributed by atoms with van der Waals surface area (Å²) in [6.07, 6.45) is 0.116. The van der Waals surface area contributed by atoms with E-state index in [-0.39, 0.29) is 18.6 Å². The number of aliphatic hydroxyl groups is 1. The van der Waals surface area contributed by atoms with E-state index in [2.05, 4.69) is 13.0 Å². The summed E-state index contributed by atoms with van der Waals surface area (Å²) in [5.74, 6) is -0.425. The SMILES string of the molecule is CC[C@@]1(O)C(=O)OCc2c1cc1n(c2=O)Cc2c-1nc1cc(C)c(C)cc1c2CCl. The maximum atomic E-state index is 13.3. The van der Waals surface area contributed by atoms with Gasteiger partial charge in [-0.25, -0.2) is 9.78 Å². The molecule has 0 saturated carbocycles. The van der Waals surface area contributed by atoms with Crippen molar-refractivity contribution in [2.45, 2.75) is 51.8 Å². The molecule has 2 aromatic heterocycles. The molecule has 0 unspecified atom stereocenters. The van der Waals surface area contributed by atoms with Crippen molar-refractivity contribution in [1.29, 1.82) is 0 Å². The highest BCUT2D eigenvalue weighted by Gasteiger charge is 2.45. The molecule has 154 valence electrons. The number of fused-ring (bicyclic) bond motifs is 5. The molecule has 0 radical (unpaired) electrons. The van der Waals surface area contributed by atoms with E-state index in [4.69, 9.17) is 21.3 Å². The average molecular weight is 425 g/mol. The van der Waals surface area contributed by atoms with E-state index in [0.29, 0.717) is 34.9 Å². The van der Waals surface area contributed by atoms with Gasteiger partial charge in [0.15, 0.2) is 5.60 Å². The fourth-order valence-electron chi connectivity index (χ4n) is 4.57. The Labute approximate surface area is 178 Å². The molecule has 0 fully saturated rings. The summed E-state index contributed by atoms with van der Waals surface area (Å²) in [5.41, 5.74) is 4.78. The number of hydrogen-bond acceptors (Lipinski definition) is 5. The number of carbonyl (C=O) groups is 1. The fraction of sp³-hybridized carbons (Fsp3) is 0.348. The summed E-state index contributed by atoms with van der Waals surface area (Å²) >= 11 is 6.36. The molecule has 6 nitrogen and oxygen atoms in total. The quantitative estimate of drug-likeness (QED) is 0.394. The minimum Gasteiger partial charge on any atom is -0.458 e. The van der Waals surface area contributed by atoms with Gasteiger partial charge in [-0.05, 0) is 55.2 Å². The Morgan fingerprint density at radius 3 is 2.63 bits per heavy atom. The van der Waals surface area contributed by atoms with Gasteiger partial charge < -0.3 is 14.4 Å². The summed E-state index contributed by atoms with van der Waals surface area (Å²) < 4.78 is 6.76. The summed E-state index contributed by atoms with van der Waals surface area (Å²) in [4.78, 5) is 30.5. The van der Waals surface area contributed by atoms with Crippen LogP contribution in [-0.2, 0) is 34.2 Å². The van der Waals surface area contributed by atoms with Gasteiger partial charge in [0.1, 0.15) is 6.61 Å². The topological polar surface area (TPSA) is 81.4 Å². The third-order valence-corrected chi connectivity index (χ3v) is 6.82. The number of aromatic nitrogens is 2. The van der Waals surface area contributed by atoms with E-state index in [1.165, 1.54) is 0 Å². The number of benzene rings is 1. The second kappa shape index (κ2) is 6.40. The summed E-state index contributed by atoms with van der Waals surface area (Å²) in [5, 5.41) is 12.0. The van der Waals surface area contributed by atoms with Gasteiger partial charge in [0, 0.05) is 22.4 Å². The molecule has 0 saturated heterocycles. The zero-order chi connectivity index (χ0) is 21.4. The predicted octanol–water partition coefficient (Wildman–Crippen LogP) is 3.44. The lowest BCUT2D eigenvalue weighted by Gasteiger charge is -2.31. The van der Waals surface area contributed by atoms with Gasteiger partial charge in [0.2, 0.25) is 0 Å². The molecule has 5 rings (SSSR count). The second-order valence-corrected chi connectivity index (χ2v) is 8.38. The monoisotopic (exact) mass is 424 g/mol. The molecule has 0 bridgehead atoms. The van der Waals surface area contributed by atoms with Crippen LogP contribution >= 0.6 is 11.6 Å². The Balaban J connectivity index is 1.84. The molecule has 1 aromatic carbocycles. The van der Waals surface area contributed by atoms with Crippen molar-refractivity contribution in [2.24, 2.45) is 0 Å². The molecule has 1 N–H and O–H groups in total. The number of alkyl halides is 1. The molecule has 2 aliphatic rings. The van der Waals surface area contributed by atoms with Crippen molar-refractivity contribution in [1.82, 2.24) is 9.55 Å². The van der Waals surface area contributed by atoms with E-state index in [0.717, 1.165) is 33.2 Å². The van der Waals surface area contributed by atoms with E-state index in [1.807, 2.05) is 13.0 Å². The first-order chi connectivity index (χ1) is 14.3. The normalized spacial score (nSPS) is 19.4. The molecule has 7 heteroatoms. The zero-order valence-electron chi connectivity index (χ0n) is 17.0. The minimum absolute atomic E-state index is 0.116. The van der Waals surface area contributed by atoms with Crippen molar-refractivity contribution >= 4 is 28.5 Å². The van der Waals surface area contributed by atoms with Crippen LogP contribution in [0.15, 0.2) is 23.0 Å². The van der Waals surface area contributed by atoms with E-state index >= 15 is 0 Å². The van der Waals surface area contributed by atoms with Crippen LogP contribution in [0.2, 0.25) is 0 Å². The van der Waals surface area contributed by atoms with Crippen LogP contribution < -0.4 is 5.56 Å². The van der Waals surface area contributed by atoms with E-state index < -0.39 is 11.6 Å². The molecule has 30 heavy (non-hydrogen) atoms.